The summed E-state index contributed by atoms with van der Waals surface area (Å²) in [5.74, 6) is -0.847. The summed E-state index contributed by atoms with van der Waals surface area (Å²) in [4.78, 5) is 13.7. The van der Waals surface area contributed by atoms with Crippen molar-refractivity contribution >= 4 is 15.8 Å². The van der Waals surface area contributed by atoms with Gasteiger partial charge in [0.15, 0.2) is 4.91 Å². The van der Waals surface area contributed by atoms with Gasteiger partial charge in [-0.05, 0) is 51.3 Å². The van der Waals surface area contributed by atoms with Crippen LogP contribution in [0.15, 0.2) is 58.5 Å². The Balaban J connectivity index is 3.23. The molecule has 1 aromatic rings. The summed E-state index contributed by atoms with van der Waals surface area (Å²) >= 11 is 0. The zero-order chi connectivity index (χ0) is 17.3. The third-order valence-electron chi connectivity index (χ3n) is 3.18. The van der Waals surface area contributed by atoms with E-state index in [2.05, 4.69) is 0 Å². The molecule has 0 N–H and O–H groups in total. The lowest BCUT2D eigenvalue weighted by Crippen LogP contribution is -2.17. The molecule has 0 aliphatic carbocycles. The fourth-order valence-electron chi connectivity index (χ4n) is 1.88. The van der Waals surface area contributed by atoms with Crippen molar-refractivity contribution in [1.82, 2.24) is 4.90 Å². The fraction of sp³-hybridized carbons (Fsp3) is 0.353. The minimum Gasteiger partial charge on any atom is -0.462 e. The van der Waals surface area contributed by atoms with Gasteiger partial charge in [0.25, 0.3) is 0 Å². The quantitative estimate of drug-likeness (QED) is 0.415. The first-order valence-electron chi connectivity index (χ1n) is 7.57. The molecule has 5 nitrogen and oxygen atoms in total. The maximum Gasteiger partial charge on any atom is 0.350 e. The van der Waals surface area contributed by atoms with Gasteiger partial charge in [-0.2, -0.15) is 0 Å². The number of nitrogens with zero attached hydrogens (tertiary/aromatic N) is 1. The van der Waals surface area contributed by atoms with Crippen LogP contribution in [-0.4, -0.2) is 39.0 Å². The van der Waals surface area contributed by atoms with Gasteiger partial charge in [-0.15, -0.1) is 0 Å². The Kier molecular flexibility index (Phi) is 7.54. The maximum atomic E-state index is 12.6. The topological polar surface area (TPSA) is 63.7 Å². The third-order valence-corrected chi connectivity index (χ3v) is 4.95. The molecular formula is C17H23NO4S. The second kappa shape index (κ2) is 9.15. The molecule has 0 atom stereocenters. The van der Waals surface area contributed by atoms with E-state index in [1.165, 1.54) is 18.2 Å². The SMILES string of the molecule is CCOC(=O)C(=CC=CN(CC)CC)S(=O)(=O)c1ccccc1. The Bertz CT molecular complexity index is 659. The Labute approximate surface area is 138 Å². The monoisotopic (exact) mass is 337 g/mol. The van der Waals surface area contributed by atoms with Crippen molar-refractivity contribution in [1.29, 1.82) is 0 Å². The number of esters is 1. The molecule has 1 rings (SSSR count). The average Bonchev–Trinajstić information content (AvgIpc) is 2.56. The number of ether oxygens (including phenoxy) is 1. The van der Waals surface area contributed by atoms with Crippen LogP contribution in [-0.2, 0) is 19.4 Å². The minimum atomic E-state index is -3.92. The van der Waals surface area contributed by atoms with Gasteiger partial charge in [0, 0.05) is 13.1 Å². The van der Waals surface area contributed by atoms with Gasteiger partial charge < -0.3 is 9.64 Å². The van der Waals surface area contributed by atoms with E-state index >= 15 is 0 Å². The first kappa shape index (κ1) is 19.0. The number of benzene rings is 1. The lowest BCUT2D eigenvalue weighted by molar-refractivity contribution is -0.137. The van der Waals surface area contributed by atoms with Gasteiger partial charge in [-0.3, -0.25) is 0 Å². The Morgan fingerprint density at radius 1 is 1.13 bits per heavy atom. The second-order valence-corrected chi connectivity index (χ2v) is 6.55. The summed E-state index contributed by atoms with van der Waals surface area (Å²) in [6.07, 6.45) is 4.60. The molecule has 0 aliphatic heterocycles. The van der Waals surface area contributed by atoms with E-state index in [9.17, 15) is 13.2 Å². The van der Waals surface area contributed by atoms with E-state index < -0.39 is 15.8 Å². The zero-order valence-electron chi connectivity index (χ0n) is 13.7. The van der Waals surface area contributed by atoms with E-state index in [0.29, 0.717) is 0 Å². The number of allylic oxidation sites excluding steroid dienone is 2. The first-order chi connectivity index (χ1) is 11.0. The van der Waals surface area contributed by atoms with E-state index in [1.54, 1.807) is 37.4 Å². The van der Waals surface area contributed by atoms with Crippen LogP contribution in [0.25, 0.3) is 0 Å². The van der Waals surface area contributed by atoms with E-state index in [4.69, 9.17) is 4.74 Å². The third kappa shape index (κ3) is 5.25. The molecule has 0 aliphatic rings. The van der Waals surface area contributed by atoms with Crippen LogP contribution >= 0.6 is 0 Å². The summed E-state index contributed by atoms with van der Waals surface area (Å²) in [5, 5.41) is 0. The summed E-state index contributed by atoms with van der Waals surface area (Å²) in [6.45, 7) is 7.31. The summed E-state index contributed by atoms with van der Waals surface area (Å²) in [5.41, 5.74) is 0. The molecule has 0 aromatic heterocycles. The van der Waals surface area contributed by atoms with Crippen LogP contribution < -0.4 is 0 Å². The highest BCUT2D eigenvalue weighted by atomic mass is 32.2. The number of hydrogen-bond donors (Lipinski definition) is 0. The molecule has 0 radical (unpaired) electrons. The van der Waals surface area contributed by atoms with Gasteiger partial charge in [-0.1, -0.05) is 18.2 Å². The van der Waals surface area contributed by atoms with Crippen molar-refractivity contribution in [2.75, 3.05) is 19.7 Å². The van der Waals surface area contributed by atoms with Gasteiger partial charge in [0.1, 0.15) is 0 Å². The molecule has 0 saturated carbocycles. The summed E-state index contributed by atoms with van der Waals surface area (Å²) < 4.78 is 30.2. The molecule has 0 fully saturated rings. The number of carbonyl (C=O) groups is 1. The van der Waals surface area contributed by atoms with E-state index in [0.717, 1.165) is 13.1 Å². The first-order valence-corrected chi connectivity index (χ1v) is 9.05. The lowest BCUT2D eigenvalue weighted by Gasteiger charge is -2.14. The molecule has 126 valence electrons. The minimum absolute atomic E-state index is 0.0653. The smallest absolute Gasteiger partial charge is 0.350 e. The Hall–Kier alpha value is -2.08. The predicted octanol–water partition coefficient (Wildman–Crippen LogP) is 2.76. The molecule has 6 heteroatoms. The van der Waals surface area contributed by atoms with Gasteiger partial charge in [-0.25, -0.2) is 13.2 Å². The van der Waals surface area contributed by atoms with Gasteiger partial charge in [0.2, 0.25) is 9.84 Å². The molecule has 0 bridgehead atoms. The van der Waals surface area contributed by atoms with Crippen molar-refractivity contribution in [2.45, 2.75) is 25.7 Å². The van der Waals surface area contributed by atoms with Crippen molar-refractivity contribution in [3.63, 3.8) is 0 Å². The highest BCUT2D eigenvalue weighted by Gasteiger charge is 2.27. The van der Waals surface area contributed by atoms with Gasteiger partial charge >= 0.3 is 5.97 Å². The Morgan fingerprint density at radius 3 is 2.26 bits per heavy atom. The highest BCUT2D eigenvalue weighted by molar-refractivity contribution is 7.96. The zero-order valence-corrected chi connectivity index (χ0v) is 14.5. The Morgan fingerprint density at radius 2 is 1.74 bits per heavy atom. The average molecular weight is 337 g/mol. The largest absolute Gasteiger partial charge is 0.462 e. The van der Waals surface area contributed by atoms with Crippen molar-refractivity contribution in [2.24, 2.45) is 0 Å². The summed E-state index contributed by atoms with van der Waals surface area (Å²) in [6, 6.07) is 7.85. The number of rotatable bonds is 8. The van der Waals surface area contributed by atoms with E-state index in [1.807, 2.05) is 18.7 Å². The molecule has 1 aromatic carbocycles. The second-order valence-electron chi connectivity index (χ2n) is 4.63. The van der Waals surface area contributed by atoms with Crippen molar-refractivity contribution in [3.8, 4) is 0 Å². The summed E-state index contributed by atoms with van der Waals surface area (Å²) in [7, 11) is -3.92. The number of sulfone groups is 1. The number of carbonyl (C=O) groups excluding carboxylic acids is 1. The van der Waals surface area contributed by atoms with Crippen molar-refractivity contribution < 1.29 is 17.9 Å². The standard InChI is InChI=1S/C17H23NO4S/c1-4-18(5-2)14-10-13-16(17(19)22-6-3)23(20,21)15-11-8-7-9-12-15/h7-14H,4-6H2,1-3H3. The fourth-order valence-corrected chi connectivity index (χ4v) is 3.19. The van der Waals surface area contributed by atoms with Crippen LogP contribution in [0.3, 0.4) is 0 Å². The molecule has 0 heterocycles. The highest BCUT2D eigenvalue weighted by Crippen LogP contribution is 2.20. The maximum absolute atomic E-state index is 12.6. The van der Waals surface area contributed by atoms with E-state index in [-0.39, 0.29) is 16.4 Å². The van der Waals surface area contributed by atoms with Crippen LogP contribution in [0.4, 0.5) is 0 Å². The number of hydrogen-bond acceptors (Lipinski definition) is 5. The molecule has 0 spiro atoms. The lowest BCUT2D eigenvalue weighted by atomic mass is 10.4. The van der Waals surface area contributed by atoms with Gasteiger partial charge in [0.05, 0.1) is 11.5 Å². The molecule has 0 unspecified atom stereocenters. The van der Waals surface area contributed by atoms with Crippen LogP contribution in [0.1, 0.15) is 20.8 Å². The van der Waals surface area contributed by atoms with Crippen molar-refractivity contribution in [3.05, 3.63) is 53.6 Å². The molecule has 23 heavy (non-hydrogen) atoms. The van der Waals surface area contributed by atoms with Crippen LogP contribution in [0.2, 0.25) is 0 Å². The molecule has 0 saturated heterocycles. The molecule has 0 amide bonds. The normalized spacial score (nSPS) is 12.4. The molecular weight excluding hydrogens is 314 g/mol. The van der Waals surface area contributed by atoms with Crippen LogP contribution in [0.5, 0.6) is 0 Å². The predicted molar refractivity (Wildman–Crippen MR) is 90.4 cm³/mol. The van der Waals surface area contributed by atoms with Crippen LogP contribution in [0, 0.1) is 0 Å².